The minimum atomic E-state index is -5.17. The predicted octanol–water partition coefficient (Wildman–Crippen LogP) is 2.12. The van der Waals surface area contributed by atoms with E-state index < -0.39 is 20.8 Å². The quantitative estimate of drug-likeness (QED) is 0.0838. The summed E-state index contributed by atoms with van der Waals surface area (Å²) in [4.78, 5) is 83.3. The average molecular weight is 1110 g/mol. The van der Waals surface area contributed by atoms with Crippen LogP contribution in [0.5, 0.6) is 0 Å². The molecule has 0 aliphatic carbocycles. The van der Waals surface area contributed by atoms with E-state index in [1.54, 1.807) is 149 Å². The first kappa shape index (κ1) is 57.6. The molecular formula is C36H36Co2N24O8S2. The number of hydrogen-bond acceptors (Lipinski definition) is 20. The van der Waals surface area contributed by atoms with Crippen LogP contribution >= 0.6 is 0 Å². The van der Waals surface area contributed by atoms with Crippen molar-refractivity contribution >= 4 is 20.8 Å². The van der Waals surface area contributed by atoms with Gasteiger partial charge in [0.2, 0.25) is 0 Å². The standard InChI is InChI=1S/6C6H6N4.2Co.2H2O4S/c6*1-2-8-5(7-1)6-9-3-4-10-6;;;2*1-5(2,3)4/h6*1-4H,(H,7,8)(H,9,10);;;2*(H2,1,2,3,4)/q;;;;;;2*+2;;/p-4. The maximum Gasteiger partial charge on any atom is 2.00 e. The van der Waals surface area contributed by atoms with Gasteiger partial charge in [0.1, 0.15) is 0 Å². The summed E-state index contributed by atoms with van der Waals surface area (Å²) in [6, 6.07) is 0. The minimum absolute atomic E-state index is 0. The van der Waals surface area contributed by atoms with E-state index in [9.17, 15) is 0 Å². The van der Waals surface area contributed by atoms with Gasteiger partial charge in [-0.05, 0) is 0 Å². The van der Waals surface area contributed by atoms with Crippen molar-refractivity contribution < 1.29 is 68.6 Å². The number of imidazole rings is 12. The first-order chi connectivity index (χ1) is 33.8. The van der Waals surface area contributed by atoms with Gasteiger partial charge in [-0.25, -0.2) is 59.8 Å². The fourth-order valence-electron chi connectivity index (χ4n) is 4.74. The van der Waals surface area contributed by atoms with Gasteiger partial charge < -0.3 is 78.0 Å². The molecule has 0 unspecified atom stereocenters. The molecule has 12 N–H and O–H groups in total. The normalized spacial score (nSPS) is 9.94. The van der Waals surface area contributed by atoms with Gasteiger partial charge in [0.25, 0.3) is 0 Å². The number of nitrogens with one attached hydrogen (secondary N) is 12. The van der Waals surface area contributed by atoms with Crippen molar-refractivity contribution in [2.24, 2.45) is 0 Å². The van der Waals surface area contributed by atoms with E-state index in [-0.39, 0.29) is 33.6 Å². The number of aromatic nitrogens is 24. The second kappa shape index (κ2) is 30.7. The third kappa shape index (κ3) is 22.6. The Bertz CT molecular complexity index is 2510. The molecule has 0 saturated carbocycles. The molecule has 0 bridgehead atoms. The van der Waals surface area contributed by atoms with E-state index in [4.69, 9.17) is 35.0 Å². The molecule has 2 radical (unpaired) electrons. The van der Waals surface area contributed by atoms with E-state index in [1.807, 2.05) is 0 Å². The van der Waals surface area contributed by atoms with Crippen LogP contribution in [0.4, 0.5) is 0 Å². The SMILES string of the molecule is O=S(=O)([O-])[O-].O=S(=O)([O-])[O-].[Co+2].[Co+2].c1c[nH]c(-c2ncc[nH]2)n1.c1c[nH]c(-c2ncc[nH]2)n1.c1c[nH]c(-c2ncc[nH]2)n1.c1c[nH]c(-c2ncc[nH]2)n1.c1c[nH]c(-c2ncc[nH]2)n1.c1c[nH]c(-c2ncc[nH]2)n1. The summed E-state index contributed by atoms with van der Waals surface area (Å²) in [7, 11) is -10.3. The molecule has 0 amide bonds. The van der Waals surface area contributed by atoms with Crippen molar-refractivity contribution in [3.05, 3.63) is 149 Å². The van der Waals surface area contributed by atoms with Crippen molar-refractivity contribution in [1.29, 1.82) is 0 Å². The van der Waals surface area contributed by atoms with E-state index in [0.29, 0.717) is 0 Å². The number of aromatic amines is 12. The molecule has 12 rings (SSSR count). The Kier molecular flexibility index (Phi) is 24.6. The summed E-state index contributed by atoms with van der Waals surface area (Å²) < 4.78 is 68.2. The predicted molar refractivity (Wildman–Crippen MR) is 238 cm³/mol. The molecule has 12 aromatic heterocycles. The minimum Gasteiger partial charge on any atom is -0.759 e. The van der Waals surface area contributed by atoms with Gasteiger partial charge in [-0.15, -0.1) is 0 Å². The van der Waals surface area contributed by atoms with Crippen LogP contribution in [0.3, 0.4) is 0 Å². The largest absolute Gasteiger partial charge is 2.00 e. The first-order valence-corrected chi connectivity index (χ1v) is 21.7. The molecule has 0 fully saturated rings. The van der Waals surface area contributed by atoms with Crippen LogP contribution in [-0.4, -0.2) is 155 Å². The first-order valence-electron chi connectivity index (χ1n) is 19.1. The van der Waals surface area contributed by atoms with Crippen LogP contribution in [0.15, 0.2) is 149 Å². The number of H-pyrrole nitrogens is 12. The number of nitrogens with zero attached hydrogens (tertiary/aromatic N) is 12. The summed E-state index contributed by atoms with van der Waals surface area (Å²) in [5, 5.41) is 0. The van der Waals surface area contributed by atoms with Crippen LogP contribution in [0.1, 0.15) is 0 Å². The van der Waals surface area contributed by atoms with E-state index in [2.05, 4.69) is 120 Å². The Morgan fingerprint density at radius 2 is 0.292 bits per heavy atom. The summed E-state index contributed by atoms with van der Waals surface area (Å²) in [5.41, 5.74) is 0. The van der Waals surface area contributed by atoms with Gasteiger partial charge >= 0.3 is 33.6 Å². The molecule has 0 aliphatic heterocycles. The van der Waals surface area contributed by atoms with Crippen molar-refractivity contribution in [3.63, 3.8) is 0 Å². The molecule has 12 aromatic rings. The average Bonchev–Trinajstić information content (AvgIpc) is 4.20. The van der Waals surface area contributed by atoms with Gasteiger partial charge in [-0.3, -0.25) is 16.8 Å². The zero-order chi connectivity index (χ0) is 49.9. The summed E-state index contributed by atoms with van der Waals surface area (Å²) in [6.07, 6.45) is 41.4. The third-order valence-corrected chi connectivity index (χ3v) is 7.32. The van der Waals surface area contributed by atoms with Crippen molar-refractivity contribution in [2.45, 2.75) is 0 Å². The number of hydrogen-bond donors (Lipinski definition) is 12. The molecule has 12 heterocycles. The van der Waals surface area contributed by atoms with Gasteiger partial charge in [0.15, 0.2) is 69.9 Å². The van der Waals surface area contributed by atoms with Crippen LogP contribution < -0.4 is 0 Å². The molecule has 0 aromatic carbocycles. The Hall–Kier alpha value is -8.73. The molecule has 378 valence electrons. The van der Waals surface area contributed by atoms with Crippen molar-refractivity contribution in [3.8, 4) is 69.9 Å². The summed E-state index contributed by atoms with van der Waals surface area (Å²) in [6.45, 7) is 0. The Morgan fingerprint density at radius 1 is 0.222 bits per heavy atom. The second-order valence-corrected chi connectivity index (χ2v) is 13.7. The molecule has 36 heteroatoms. The van der Waals surface area contributed by atoms with Crippen LogP contribution in [0, 0.1) is 0 Å². The van der Waals surface area contributed by atoms with E-state index in [0.717, 1.165) is 69.9 Å². The molecule has 72 heavy (non-hydrogen) atoms. The molecule has 32 nitrogen and oxygen atoms in total. The second-order valence-electron chi connectivity index (χ2n) is 12.1. The van der Waals surface area contributed by atoms with Gasteiger partial charge in [0, 0.05) is 170 Å². The topological polar surface area (TPSA) is 505 Å². The van der Waals surface area contributed by atoms with Gasteiger partial charge in [-0.1, -0.05) is 0 Å². The maximum absolute atomic E-state index is 8.52. The van der Waals surface area contributed by atoms with E-state index in [1.165, 1.54) is 0 Å². The maximum atomic E-state index is 8.52. The molecular weight excluding hydrogens is 1080 g/mol. The zero-order valence-electron chi connectivity index (χ0n) is 36.0. The van der Waals surface area contributed by atoms with Crippen LogP contribution in [0.2, 0.25) is 0 Å². The molecule has 0 atom stereocenters. The summed E-state index contributed by atoms with van der Waals surface area (Å²) >= 11 is 0. The molecule has 0 aliphatic rings. The van der Waals surface area contributed by atoms with E-state index >= 15 is 0 Å². The fourth-order valence-corrected chi connectivity index (χ4v) is 4.74. The Morgan fingerprint density at radius 3 is 0.333 bits per heavy atom. The number of rotatable bonds is 6. The van der Waals surface area contributed by atoms with Gasteiger partial charge in [-0.2, -0.15) is 0 Å². The zero-order valence-corrected chi connectivity index (χ0v) is 39.7. The fraction of sp³-hybridized carbons (Fsp3) is 0. The van der Waals surface area contributed by atoms with Crippen molar-refractivity contribution in [1.82, 2.24) is 120 Å². The smallest absolute Gasteiger partial charge is 0.759 e. The third-order valence-electron chi connectivity index (χ3n) is 7.32. The Balaban J connectivity index is 0.000000219. The molecule has 0 spiro atoms. The van der Waals surface area contributed by atoms with Crippen LogP contribution in [-0.2, 0) is 54.4 Å². The monoisotopic (exact) mass is 1110 g/mol. The molecule has 0 saturated heterocycles. The van der Waals surface area contributed by atoms with Crippen molar-refractivity contribution in [2.75, 3.05) is 0 Å². The Labute approximate surface area is 425 Å². The summed E-state index contributed by atoms with van der Waals surface area (Å²) in [5.74, 6) is 9.22. The van der Waals surface area contributed by atoms with Crippen LogP contribution in [0.25, 0.3) is 69.9 Å². The van der Waals surface area contributed by atoms with Gasteiger partial charge in [0.05, 0.1) is 0 Å².